The minimum absolute atomic E-state index is 0.145. The number of nitrogens with one attached hydrogen (secondary N) is 2. The Balaban J connectivity index is 1.51. The van der Waals surface area contributed by atoms with Gasteiger partial charge in [0.05, 0.1) is 7.11 Å². The Kier molecular flexibility index (Phi) is 9.33. The van der Waals surface area contributed by atoms with E-state index in [2.05, 4.69) is 10.6 Å². The summed E-state index contributed by atoms with van der Waals surface area (Å²) < 4.78 is 10.7. The molecule has 6 nitrogen and oxygen atoms in total. The molecular formula is C23H34N2O4S. The van der Waals surface area contributed by atoms with Gasteiger partial charge in [0.2, 0.25) is 11.8 Å². The smallest absolute Gasteiger partial charge is 0.249 e. The Morgan fingerprint density at radius 1 is 1.13 bits per heavy atom. The number of methoxy groups -OCH3 is 1. The van der Waals surface area contributed by atoms with E-state index in [0.29, 0.717) is 18.9 Å². The maximum Gasteiger partial charge on any atom is 0.249 e. The molecule has 1 aromatic rings. The summed E-state index contributed by atoms with van der Waals surface area (Å²) in [5.41, 5.74) is 0.989. The zero-order chi connectivity index (χ0) is 21.2. The Bertz CT molecular complexity index is 670. The van der Waals surface area contributed by atoms with E-state index in [-0.39, 0.29) is 11.8 Å². The number of rotatable bonds is 10. The van der Waals surface area contributed by atoms with E-state index in [4.69, 9.17) is 9.47 Å². The number of carbonyl (C=O) groups excluding carboxylic acids is 2. The summed E-state index contributed by atoms with van der Waals surface area (Å²) >= 11 is 1.77. The number of thioether (sulfide) groups is 1. The van der Waals surface area contributed by atoms with Gasteiger partial charge in [0.15, 0.2) is 0 Å². The number of ether oxygens (including phenoxy) is 2. The van der Waals surface area contributed by atoms with E-state index >= 15 is 0 Å². The van der Waals surface area contributed by atoms with Crippen LogP contribution in [0, 0.1) is 5.92 Å². The maximum atomic E-state index is 12.9. The molecule has 30 heavy (non-hydrogen) atoms. The van der Waals surface area contributed by atoms with Gasteiger partial charge in [-0.3, -0.25) is 9.59 Å². The molecule has 166 valence electrons. The first-order valence-corrected chi connectivity index (χ1v) is 12.2. The molecule has 1 saturated heterocycles. The monoisotopic (exact) mass is 434 g/mol. The van der Waals surface area contributed by atoms with E-state index in [1.807, 2.05) is 24.3 Å². The second-order valence-electron chi connectivity index (χ2n) is 8.17. The van der Waals surface area contributed by atoms with Gasteiger partial charge in [-0.25, -0.2) is 0 Å². The zero-order valence-electron chi connectivity index (χ0n) is 17.9. The van der Waals surface area contributed by atoms with Crippen LogP contribution in [0.2, 0.25) is 0 Å². The molecule has 1 heterocycles. The summed E-state index contributed by atoms with van der Waals surface area (Å²) in [6, 6.07) is 7.05. The Labute approximate surface area is 183 Å². The summed E-state index contributed by atoms with van der Waals surface area (Å²) in [4.78, 5) is 25.4. The van der Waals surface area contributed by atoms with Gasteiger partial charge in [0, 0.05) is 18.9 Å². The van der Waals surface area contributed by atoms with Crippen LogP contribution in [0.3, 0.4) is 0 Å². The minimum Gasteiger partial charge on any atom is -0.497 e. The molecule has 2 unspecified atom stereocenters. The molecule has 2 amide bonds. The highest BCUT2D eigenvalue weighted by atomic mass is 32.2. The van der Waals surface area contributed by atoms with Crippen molar-refractivity contribution in [2.24, 2.45) is 5.92 Å². The van der Waals surface area contributed by atoms with Crippen LogP contribution in [-0.4, -0.2) is 49.2 Å². The van der Waals surface area contributed by atoms with E-state index in [9.17, 15) is 9.59 Å². The molecular weight excluding hydrogens is 400 g/mol. The summed E-state index contributed by atoms with van der Waals surface area (Å²) in [6.45, 7) is 1.03. The topological polar surface area (TPSA) is 76.7 Å². The number of hydrogen-bond acceptors (Lipinski definition) is 5. The average molecular weight is 435 g/mol. The van der Waals surface area contributed by atoms with Crippen LogP contribution >= 0.6 is 11.8 Å². The van der Waals surface area contributed by atoms with Crippen LogP contribution in [0.1, 0.15) is 50.5 Å². The number of carbonyl (C=O) groups is 2. The van der Waals surface area contributed by atoms with Crippen LogP contribution in [0.15, 0.2) is 24.3 Å². The van der Waals surface area contributed by atoms with Crippen molar-refractivity contribution in [2.75, 3.05) is 25.2 Å². The Morgan fingerprint density at radius 3 is 2.57 bits per heavy atom. The fourth-order valence-corrected chi connectivity index (χ4v) is 5.27. The van der Waals surface area contributed by atoms with Gasteiger partial charge in [-0.05, 0) is 55.1 Å². The lowest BCUT2D eigenvalue weighted by atomic mass is 9.91. The van der Waals surface area contributed by atoms with E-state index in [1.54, 1.807) is 18.9 Å². The van der Waals surface area contributed by atoms with Gasteiger partial charge in [-0.2, -0.15) is 11.8 Å². The molecule has 0 bridgehead atoms. The zero-order valence-corrected chi connectivity index (χ0v) is 18.7. The largest absolute Gasteiger partial charge is 0.497 e. The van der Waals surface area contributed by atoms with Crippen molar-refractivity contribution < 1.29 is 19.1 Å². The van der Waals surface area contributed by atoms with Crippen molar-refractivity contribution in [2.45, 2.75) is 63.6 Å². The Hall–Kier alpha value is -1.73. The second kappa shape index (κ2) is 12.2. The second-order valence-corrected chi connectivity index (χ2v) is 9.25. The molecule has 1 saturated carbocycles. The third-order valence-corrected chi connectivity index (χ3v) is 7.12. The van der Waals surface area contributed by atoms with Crippen LogP contribution in [-0.2, 0) is 20.9 Å². The lowest BCUT2D eigenvalue weighted by Crippen LogP contribution is -2.50. The van der Waals surface area contributed by atoms with E-state index < -0.39 is 12.1 Å². The number of hydrogen-bond donors (Lipinski definition) is 2. The first kappa shape index (κ1) is 22.9. The minimum atomic E-state index is -0.548. The number of amides is 2. The summed E-state index contributed by atoms with van der Waals surface area (Å²) in [5.74, 6) is 2.84. The summed E-state index contributed by atoms with van der Waals surface area (Å²) in [6.07, 6.45) is 7.72. The lowest BCUT2D eigenvalue weighted by Gasteiger charge is -2.23. The third kappa shape index (κ3) is 7.20. The average Bonchev–Trinajstić information content (AvgIpc) is 3.33. The van der Waals surface area contributed by atoms with E-state index in [1.165, 1.54) is 32.1 Å². The first-order chi connectivity index (χ1) is 14.7. The van der Waals surface area contributed by atoms with Gasteiger partial charge in [0.1, 0.15) is 17.9 Å². The number of benzene rings is 1. The molecule has 2 atom stereocenters. The van der Waals surface area contributed by atoms with Crippen molar-refractivity contribution in [3.63, 3.8) is 0 Å². The van der Waals surface area contributed by atoms with Crippen LogP contribution in [0.5, 0.6) is 5.75 Å². The molecule has 1 aliphatic heterocycles. The molecule has 0 radical (unpaired) electrons. The highest BCUT2D eigenvalue weighted by Gasteiger charge is 2.28. The van der Waals surface area contributed by atoms with Crippen molar-refractivity contribution in [3.8, 4) is 5.75 Å². The maximum absolute atomic E-state index is 12.9. The van der Waals surface area contributed by atoms with Crippen LogP contribution in [0.4, 0.5) is 0 Å². The first-order valence-electron chi connectivity index (χ1n) is 11.1. The predicted octanol–water partition coefficient (Wildman–Crippen LogP) is 3.29. The van der Waals surface area contributed by atoms with Crippen molar-refractivity contribution in [3.05, 3.63) is 29.8 Å². The highest BCUT2D eigenvalue weighted by molar-refractivity contribution is 7.99. The molecule has 2 N–H and O–H groups in total. The highest BCUT2D eigenvalue weighted by Crippen LogP contribution is 2.27. The Morgan fingerprint density at radius 2 is 1.90 bits per heavy atom. The summed E-state index contributed by atoms with van der Waals surface area (Å²) in [7, 11) is 1.63. The van der Waals surface area contributed by atoms with Crippen molar-refractivity contribution in [1.82, 2.24) is 10.6 Å². The van der Waals surface area contributed by atoms with Crippen molar-refractivity contribution >= 4 is 23.6 Å². The van der Waals surface area contributed by atoms with Gasteiger partial charge < -0.3 is 20.1 Å². The molecule has 2 fully saturated rings. The fraction of sp³-hybridized carbons (Fsp3) is 0.652. The van der Waals surface area contributed by atoms with Crippen LogP contribution in [0.25, 0.3) is 0 Å². The lowest BCUT2D eigenvalue weighted by molar-refractivity contribution is -0.134. The molecule has 0 spiro atoms. The molecule has 7 heteroatoms. The standard InChI is InChI=1S/C23H34N2O4S/c1-28-19-11-9-17(10-12-19)14-24-22(26)20(25-23(27)21-8-5-13-29-21)16-30-15-18-6-3-2-4-7-18/h9-12,18,20-21H,2-8,13-16H2,1H3,(H,24,26)(H,25,27). The van der Waals surface area contributed by atoms with Gasteiger partial charge in [-0.1, -0.05) is 31.4 Å². The molecule has 0 aromatic heterocycles. The molecule has 1 aromatic carbocycles. The van der Waals surface area contributed by atoms with Gasteiger partial charge in [0.25, 0.3) is 0 Å². The fourth-order valence-electron chi connectivity index (χ4n) is 3.99. The third-order valence-electron chi connectivity index (χ3n) is 5.84. The summed E-state index contributed by atoms with van der Waals surface area (Å²) in [5, 5.41) is 5.91. The molecule has 2 aliphatic rings. The van der Waals surface area contributed by atoms with Crippen LogP contribution < -0.4 is 15.4 Å². The van der Waals surface area contributed by atoms with E-state index in [0.717, 1.165) is 35.8 Å². The van der Waals surface area contributed by atoms with Gasteiger partial charge >= 0.3 is 0 Å². The van der Waals surface area contributed by atoms with Crippen molar-refractivity contribution in [1.29, 1.82) is 0 Å². The molecule has 1 aliphatic carbocycles. The molecule has 3 rings (SSSR count). The SMILES string of the molecule is COc1ccc(CNC(=O)C(CSCC2CCCCC2)NC(=O)C2CCCO2)cc1. The predicted molar refractivity (Wildman–Crippen MR) is 120 cm³/mol. The van der Waals surface area contributed by atoms with Gasteiger partial charge in [-0.15, -0.1) is 0 Å². The quantitative estimate of drug-likeness (QED) is 0.591. The normalized spacial score (nSPS) is 20.5.